The number of nitrogens with zero attached hydrogens (tertiary/aromatic N) is 2. The van der Waals surface area contributed by atoms with Crippen LogP contribution in [0.15, 0.2) is 30.5 Å². The molecule has 0 aliphatic rings. The molecule has 0 aliphatic heterocycles. The van der Waals surface area contributed by atoms with Gasteiger partial charge in [0.05, 0.1) is 29.7 Å². The van der Waals surface area contributed by atoms with Crippen molar-refractivity contribution in [3.63, 3.8) is 0 Å². The first-order chi connectivity index (χ1) is 9.51. The summed E-state index contributed by atoms with van der Waals surface area (Å²) in [6.45, 7) is 2.43. The Balaban J connectivity index is 2.38. The van der Waals surface area contributed by atoms with Crippen LogP contribution >= 0.6 is 11.7 Å². The third kappa shape index (κ3) is 3.67. The van der Waals surface area contributed by atoms with Crippen LogP contribution in [0.1, 0.15) is 24.2 Å². The number of hydrogen-bond donors (Lipinski definition) is 1. The molecule has 0 radical (unpaired) electrons. The van der Waals surface area contributed by atoms with Crippen molar-refractivity contribution in [1.29, 1.82) is 0 Å². The lowest BCUT2D eigenvalue weighted by molar-refractivity contribution is -0.275. The molecule has 0 aliphatic carbocycles. The summed E-state index contributed by atoms with van der Waals surface area (Å²) >= 11 is 1.00. The van der Waals surface area contributed by atoms with E-state index in [4.69, 9.17) is 0 Å². The first-order valence-corrected chi connectivity index (χ1v) is 6.60. The average molecular weight is 303 g/mol. The molecule has 2 aromatic rings. The monoisotopic (exact) mass is 303 g/mol. The SMILES string of the molecule is CCNC(c1cnsn1)c1ccccc1OC(F)(F)F. The van der Waals surface area contributed by atoms with Gasteiger partial charge in [-0.15, -0.1) is 13.2 Å². The van der Waals surface area contributed by atoms with Crippen LogP contribution in [0.2, 0.25) is 0 Å². The Kier molecular flexibility index (Phi) is 4.56. The first-order valence-electron chi connectivity index (χ1n) is 5.86. The van der Waals surface area contributed by atoms with Crippen molar-refractivity contribution in [1.82, 2.24) is 14.1 Å². The van der Waals surface area contributed by atoms with Gasteiger partial charge in [-0.05, 0) is 12.6 Å². The molecule has 1 heterocycles. The lowest BCUT2D eigenvalue weighted by Gasteiger charge is -2.20. The van der Waals surface area contributed by atoms with Gasteiger partial charge in [0.25, 0.3) is 0 Å². The van der Waals surface area contributed by atoms with E-state index in [1.807, 2.05) is 6.92 Å². The lowest BCUT2D eigenvalue weighted by Crippen LogP contribution is -2.25. The van der Waals surface area contributed by atoms with Crippen LogP contribution in [-0.4, -0.2) is 21.7 Å². The predicted octanol–water partition coefficient (Wildman–Crippen LogP) is 3.14. The highest BCUT2D eigenvalue weighted by molar-refractivity contribution is 6.99. The van der Waals surface area contributed by atoms with Gasteiger partial charge in [-0.2, -0.15) is 8.75 Å². The van der Waals surface area contributed by atoms with Gasteiger partial charge in [0.15, 0.2) is 0 Å². The van der Waals surface area contributed by atoms with E-state index in [1.54, 1.807) is 12.1 Å². The number of ether oxygens (including phenoxy) is 1. The van der Waals surface area contributed by atoms with Crippen LogP contribution in [-0.2, 0) is 0 Å². The lowest BCUT2D eigenvalue weighted by atomic mass is 10.0. The van der Waals surface area contributed by atoms with E-state index in [1.165, 1.54) is 18.3 Å². The normalized spacial score (nSPS) is 13.2. The van der Waals surface area contributed by atoms with E-state index in [0.717, 1.165) is 11.7 Å². The van der Waals surface area contributed by atoms with Crippen LogP contribution in [0.4, 0.5) is 13.2 Å². The Morgan fingerprint density at radius 2 is 2.10 bits per heavy atom. The number of hydrogen-bond acceptors (Lipinski definition) is 5. The zero-order valence-corrected chi connectivity index (χ0v) is 11.3. The Labute approximate surface area is 117 Å². The minimum absolute atomic E-state index is 0.237. The van der Waals surface area contributed by atoms with Crippen LogP contribution in [0.3, 0.4) is 0 Å². The fourth-order valence-corrected chi connectivity index (χ4v) is 2.26. The molecular formula is C12H12F3N3OS. The van der Waals surface area contributed by atoms with Gasteiger partial charge >= 0.3 is 6.36 Å². The third-order valence-electron chi connectivity index (χ3n) is 2.54. The number of para-hydroxylation sites is 1. The quantitative estimate of drug-likeness (QED) is 0.922. The number of rotatable bonds is 5. The number of alkyl halides is 3. The van der Waals surface area contributed by atoms with Crippen molar-refractivity contribution in [3.05, 3.63) is 41.7 Å². The maximum absolute atomic E-state index is 12.4. The third-order valence-corrected chi connectivity index (χ3v) is 3.03. The average Bonchev–Trinajstić information content (AvgIpc) is 2.89. The molecule has 1 aromatic heterocycles. The fourth-order valence-electron chi connectivity index (χ4n) is 1.81. The van der Waals surface area contributed by atoms with Crippen LogP contribution in [0, 0.1) is 0 Å². The summed E-state index contributed by atoms with van der Waals surface area (Å²) in [4.78, 5) is 0. The molecule has 108 valence electrons. The summed E-state index contributed by atoms with van der Waals surface area (Å²) in [7, 11) is 0. The van der Waals surface area contributed by atoms with Crippen molar-refractivity contribution in [3.8, 4) is 5.75 Å². The molecule has 8 heteroatoms. The summed E-state index contributed by atoms with van der Waals surface area (Å²) < 4.78 is 49.4. The standard InChI is InChI=1S/C12H12F3N3OS/c1-2-16-11(9-7-17-20-18-9)8-5-3-4-6-10(8)19-12(13,14)15/h3-7,11,16H,2H2,1H3. The summed E-state index contributed by atoms with van der Waals surface area (Å²) in [5.74, 6) is -0.237. The van der Waals surface area contributed by atoms with Gasteiger partial charge in [0.2, 0.25) is 0 Å². The summed E-state index contributed by atoms with van der Waals surface area (Å²) in [5, 5.41) is 3.08. The number of aromatic nitrogens is 2. The molecule has 0 saturated carbocycles. The summed E-state index contributed by atoms with van der Waals surface area (Å²) in [6, 6.07) is 5.52. The maximum Gasteiger partial charge on any atom is 0.573 e. The van der Waals surface area contributed by atoms with Crippen LogP contribution < -0.4 is 10.1 Å². The molecule has 0 bridgehead atoms. The molecule has 1 aromatic carbocycles. The van der Waals surface area contributed by atoms with Crippen molar-refractivity contribution in [2.45, 2.75) is 19.3 Å². The van der Waals surface area contributed by atoms with E-state index in [-0.39, 0.29) is 5.75 Å². The Morgan fingerprint density at radius 3 is 2.70 bits per heavy atom. The highest BCUT2D eigenvalue weighted by atomic mass is 32.1. The van der Waals surface area contributed by atoms with Crippen molar-refractivity contribution < 1.29 is 17.9 Å². The van der Waals surface area contributed by atoms with Crippen LogP contribution in [0.25, 0.3) is 0 Å². The van der Waals surface area contributed by atoms with Gasteiger partial charge in [-0.3, -0.25) is 0 Å². The molecule has 0 spiro atoms. The second kappa shape index (κ2) is 6.19. The second-order valence-electron chi connectivity index (χ2n) is 3.91. The summed E-state index contributed by atoms with van der Waals surface area (Å²) in [5.41, 5.74) is 0.939. The molecule has 4 nitrogen and oxygen atoms in total. The Bertz CT molecular complexity index is 545. The first kappa shape index (κ1) is 14.7. The molecular weight excluding hydrogens is 291 g/mol. The van der Waals surface area contributed by atoms with E-state index >= 15 is 0 Å². The largest absolute Gasteiger partial charge is 0.573 e. The Hall–Kier alpha value is -1.67. The second-order valence-corrected chi connectivity index (χ2v) is 4.47. The minimum atomic E-state index is -4.73. The fraction of sp³-hybridized carbons (Fsp3) is 0.333. The van der Waals surface area contributed by atoms with Gasteiger partial charge < -0.3 is 10.1 Å². The topological polar surface area (TPSA) is 47.0 Å². The zero-order valence-electron chi connectivity index (χ0n) is 10.5. The minimum Gasteiger partial charge on any atom is -0.405 e. The van der Waals surface area contributed by atoms with Crippen molar-refractivity contribution in [2.75, 3.05) is 6.54 Å². The van der Waals surface area contributed by atoms with E-state index in [9.17, 15) is 13.2 Å². The van der Waals surface area contributed by atoms with Gasteiger partial charge in [-0.1, -0.05) is 25.1 Å². The van der Waals surface area contributed by atoms with E-state index in [2.05, 4.69) is 18.8 Å². The molecule has 1 atom stereocenters. The highest BCUT2D eigenvalue weighted by Gasteiger charge is 2.33. The van der Waals surface area contributed by atoms with Gasteiger partial charge in [0.1, 0.15) is 5.75 Å². The smallest absolute Gasteiger partial charge is 0.405 e. The molecule has 0 fully saturated rings. The molecule has 0 amide bonds. The zero-order chi connectivity index (χ0) is 14.6. The van der Waals surface area contributed by atoms with Crippen LogP contribution in [0.5, 0.6) is 5.75 Å². The van der Waals surface area contributed by atoms with Crippen molar-refractivity contribution >= 4 is 11.7 Å². The van der Waals surface area contributed by atoms with Gasteiger partial charge in [-0.25, -0.2) is 0 Å². The van der Waals surface area contributed by atoms with E-state index < -0.39 is 12.4 Å². The number of benzene rings is 1. The molecule has 0 saturated heterocycles. The highest BCUT2D eigenvalue weighted by Crippen LogP contribution is 2.32. The Morgan fingerprint density at radius 1 is 1.35 bits per heavy atom. The summed E-state index contributed by atoms with van der Waals surface area (Å²) in [6.07, 6.45) is -3.20. The molecule has 1 N–H and O–H groups in total. The number of nitrogens with one attached hydrogen (secondary N) is 1. The maximum atomic E-state index is 12.4. The molecule has 1 unspecified atom stereocenters. The predicted molar refractivity (Wildman–Crippen MR) is 68.6 cm³/mol. The van der Waals surface area contributed by atoms with Gasteiger partial charge in [0, 0.05) is 5.56 Å². The van der Waals surface area contributed by atoms with E-state index in [0.29, 0.717) is 17.8 Å². The number of halogens is 3. The molecule has 20 heavy (non-hydrogen) atoms. The van der Waals surface area contributed by atoms with Crippen molar-refractivity contribution in [2.24, 2.45) is 0 Å². The molecule has 2 rings (SSSR count).